The van der Waals surface area contributed by atoms with Crippen molar-refractivity contribution >= 4 is 64.1 Å². The number of benzene rings is 2. The summed E-state index contributed by atoms with van der Waals surface area (Å²) in [6, 6.07) is 8.45. The maximum atomic E-state index is 14.2. The van der Waals surface area contributed by atoms with E-state index in [1.54, 1.807) is 56.5 Å². The van der Waals surface area contributed by atoms with Gasteiger partial charge in [0, 0.05) is 54.3 Å². The smallest absolute Gasteiger partial charge is 0.243 e. The molecule has 22 nitrogen and oxygen atoms in total. The number of nitrogens with two attached hydrogens (primary N) is 3. The Morgan fingerprint density at radius 2 is 1.28 bits per heavy atom. The van der Waals surface area contributed by atoms with E-state index in [0.29, 0.717) is 17.7 Å². The fourth-order valence-corrected chi connectivity index (χ4v) is 8.09. The first-order valence-corrected chi connectivity index (χ1v) is 25.2. The molecular weight excluding hydrogens is 963 g/mol. The highest BCUT2D eigenvalue weighted by atomic mass is 16.2. The highest BCUT2D eigenvalue weighted by molar-refractivity contribution is 5.97. The molecule has 0 saturated carbocycles. The predicted molar refractivity (Wildman–Crippen MR) is 282 cm³/mol. The normalized spacial score (nSPS) is 14.7. The van der Waals surface area contributed by atoms with Gasteiger partial charge in [0.1, 0.15) is 30.2 Å². The lowest BCUT2D eigenvalue weighted by molar-refractivity contribution is -0.135. The number of hydrogen-bond acceptors (Lipinski definition) is 11. The van der Waals surface area contributed by atoms with Crippen molar-refractivity contribution in [3.05, 3.63) is 102 Å². The van der Waals surface area contributed by atoms with Crippen LogP contribution in [0.2, 0.25) is 0 Å². The summed E-state index contributed by atoms with van der Waals surface area (Å²) in [6.45, 7) is 11.9. The SMILES string of the molecule is CC(C)C[C@@H](/C=C/[C@@H](NC(=O)[C@H](Cc1cnc[nH]1)NC(=O)CNC(=O)[C@@H](NC(=O)[C@H](C)NC(=O)[C@H](Cc1c[nH]c2ccccc12)NC(=O)[C@H](CCC(N)=O)NC(=O)[C@H](N)Cc1ccccc1)C(C)C)C(C)C)C(N)=O. The van der Waals surface area contributed by atoms with Gasteiger partial charge in [-0.2, -0.15) is 0 Å². The van der Waals surface area contributed by atoms with Gasteiger partial charge in [-0.1, -0.05) is 102 Å². The molecule has 0 bridgehead atoms. The van der Waals surface area contributed by atoms with Crippen molar-refractivity contribution in [2.75, 3.05) is 6.54 Å². The van der Waals surface area contributed by atoms with Crippen LogP contribution < -0.4 is 54.4 Å². The van der Waals surface area contributed by atoms with E-state index >= 15 is 0 Å². The Labute approximate surface area is 437 Å². The second-order valence-electron chi connectivity index (χ2n) is 19.9. The molecule has 2 aromatic carbocycles. The molecule has 4 rings (SSSR count). The number of fused-ring (bicyclic) bond motifs is 1. The minimum atomic E-state index is -1.34. The Morgan fingerprint density at radius 1 is 0.640 bits per heavy atom. The van der Waals surface area contributed by atoms with Crippen molar-refractivity contribution in [1.82, 2.24) is 52.2 Å². The number of carbonyl (C=O) groups excluding carboxylic acids is 9. The Hall–Kier alpha value is -7.88. The average molecular weight is 1040 g/mol. The molecule has 0 unspecified atom stereocenters. The van der Waals surface area contributed by atoms with Crippen molar-refractivity contribution in [2.45, 2.75) is 129 Å². The maximum Gasteiger partial charge on any atom is 0.243 e. The topological polar surface area (TPSA) is 360 Å². The van der Waals surface area contributed by atoms with Crippen molar-refractivity contribution in [3.8, 4) is 0 Å². The first-order chi connectivity index (χ1) is 35.5. The number of para-hydroxylation sites is 1. The summed E-state index contributed by atoms with van der Waals surface area (Å²) in [4.78, 5) is 130. The van der Waals surface area contributed by atoms with E-state index in [1.165, 1.54) is 19.4 Å². The van der Waals surface area contributed by atoms with Gasteiger partial charge in [0.25, 0.3) is 0 Å². The van der Waals surface area contributed by atoms with Gasteiger partial charge in [0.05, 0.1) is 24.8 Å². The van der Waals surface area contributed by atoms with Gasteiger partial charge in [0.2, 0.25) is 53.2 Å². The molecule has 0 spiro atoms. The van der Waals surface area contributed by atoms with Crippen LogP contribution in [-0.2, 0) is 62.4 Å². The van der Waals surface area contributed by atoms with E-state index in [0.717, 1.165) is 16.5 Å². The van der Waals surface area contributed by atoms with Crippen LogP contribution in [0.1, 0.15) is 84.5 Å². The zero-order chi connectivity index (χ0) is 55.4. The minimum absolute atomic E-state index is 0.0221. The molecule has 0 aliphatic heterocycles. The van der Waals surface area contributed by atoms with Crippen LogP contribution in [0.3, 0.4) is 0 Å². The van der Waals surface area contributed by atoms with Crippen LogP contribution in [-0.4, -0.2) is 117 Å². The Balaban J connectivity index is 1.44. The van der Waals surface area contributed by atoms with Crippen molar-refractivity contribution in [2.24, 2.45) is 40.9 Å². The zero-order valence-corrected chi connectivity index (χ0v) is 43.7. The highest BCUT2D eigenvalue weighted by Crippen LogP contribution is 2.20. The number of rotatable bonds is 30. The van der Waals surface area contributed by atoms with Gasteiger partial charge >= 0.3 is 0 Å². The van der Waals surface area contributed by atoms with E-state index in [9.17, 15) is 43.2 Å². The Bertz CT molecular complexity index is 2600. The maximum absolute atomic E-state index is 14.2. The zero-order valence-electron chi connectivity index (χ0n) is 43.7. The molecule has 22 heteroatoms. The summed E-state index contributed by atoms with van der Waals surface area (Å²) >= 11 is 0. The molecule has 75 heavy (non-hydrogen) atoms. The molecule has 0 aliphatic carbocycles. The largest absolute Gasteiger partial charge is 0.370 e. The number of aromatic amines is 2. The van der Waals surface area contributed by atoms with Gasteiger partial charge in [-0.25, -0.2) is 4.98 Å². The van der Waals surface area contributed by atoms with Crippen molar-refractivity contribution in [3.63, 3.8) is 0 Å². The molecule has 0 radical (unpaired) electrons. The van der Waals surface area contributed by atoms with Crippen LogP contribution in [0.25, 0.3) is 10.9 Å². The molecule has 15 N–H and O–H groups in total. The van der Waals surface area contributed by atoms with Crippen LogP contribution in [0.4, 0.5) is 0 Å². The second-order valence-corrected chi connectivity index (χ2v) is 19.9. The third-order valence-corrected chi connectivity index (χ3v) is 12.4. The van der Waals surface area contributed by atoms with E-state index < -0.39 is 114 Å². The monoisotopic (exact) mass is 1040 g/mol. The molecule has 0 saturated heterocycles. The third kappa shape index (κ3) is 19.5. The fraction of sp³-hybridized carbons (Fsp3) is 0.472. The number of carbonyl (C=O) groups is 9. The lowest BCUT2D eigenvalue weighted by atomic mass is 9.94. The highest BCUT2D eigenvalue weighted by Gasteiger charge is 2.33. The summed E-state index contributed by atoms with van der Waals surface area (Å²) in [7, 11) is 0. The summed E-state index contributed by atoms with van der Waals surface area (Å²) in [5.74, 6) is -7.20. The fourth-order valence-electron chi connectivity index (χ4n) is 8.09. The lowest BCUT2D eigenvalue weighted by Gasteiger charge is -2.26. The number of aromatic nitrogens is 3. The molecule has 8 atom stereocenters. The molecule has 406 valence electrons. The quantitative estimate of drug-likeness (QED) is 0.0321. The molecule has 0 fully saturated rings. The van der Waals surface area contributed by atoms with Crippen molar-refractivity contribution in [1.29, 1.82) is 0 Å². The molecule has 4 aromatic rings. The first kappa shape index (κ1) is 59.7. The third-order valence-electron chi connectivity index (χ3n) is 12.4. The summed E-state index contributed by atoms with van der Waals surface area (Å²) in [5.41, 5.74) is 20.0. The van der Waals surface area contributed by atoms with Gasteiger partial charge in [0.15, 0.2) is 0 Å². The predicted octanol–water partition coefficient (Wildman–Crippen LogP) is 0.572. The van der Waals surface area contributed by atoms with Gasteiger partial charge < -0.3 is 64.4 Å². The molecular formula is C53H75N13O9. The number of amides is 9. The number of nitrogens with one attached hydrogen (secondary N) is 9. The molecule has 0 aliphatic rings. The summed E-state index contributed by atoms with van der Waals surface area (Å²) in [6.07, 6.45) is 8.19. The molecule has 9 amide bonds. The van der Waals surface area contributed by atoms with Crippen LogP contribution in [0.5, 0.6) is 0 Å². The van der Waals surface area contributed by atoms with E-state index in [-0.39, 0.29) is 43.9 Å². The lowest BCUT2D eigenvalue weighted by Crippen LogP contribution is -2.59. The Kier molecular flexibility index (Phi) is 23.2. The van der Waals surface area contributed by atoms with Gasteiger partial charge in [-0.05, 0) is 61.1 Å². The van der Waals surface area contributed by atoms with E-state index in [4.69, 9.17) is 17.2 Å². The Morgan fingerprint density at radius 3 is 1.91 bits per heavy atom. The standard InChI is InChI=1S/C53H75N13O9/c1-29(2)21-34(47(56)69)17-18-39(30(3)4)63-52(74)43(24-36-26-57-28-60-36)62-45(68)27-59-53(75)46(31(5)6)66-48(70)32(7)61-51(73)42(23-35-25-58-40-16-12-11-15-37(35)40)65-50(72)41(19-20-44(55)67)64-49(71)38(54)22-33-13-9-8-10-14-33/h8-18,25-26,28-32,34,38-39,41-43,46,58H,19-24,27,54H2,1-7H3,(H2,55,67)(H2,56,69)(H,57,60)(H,59,75)(H,61,73)(H,62,68)(H,63,74)(H,64,71)(H,65,72)(H,66,70)/b18-17+/t32-,34+,38+,39+,41-,42-,43-,46-/m0/s1. The van der Waals surface area contributed by atoms with Gasteiger partial charge in [-0.15, -0.1) is 0 Å². The summed E-state index contributed by atoms with van der Waals surface area (Å²) < 4.78 is 0. The number of H-pyrrole nitrogens is 2. The number of imidazole rings is 1. The molecule has 2 heterocycles. The minimum Gasteiger partial charge on any atom is -0.370 e. The average Bonchev–Trinajstić information content (AvgIpc) is 4.03. The number of primary amides is 2. The van der Waals surface area contributed by atoms with Gasteiger partial charge in [-0.3, -0.25) is 43.2 Å². The van der Waals surface area contributed by atoms with Crippen LogP contribution >= 0.6 is 0 Å². The number of nitrogens with zero attached hydrogens (tertiary/aromatic N) is 1. The van der Waals surface area contributed by atoms with Crippen molar-refractivity contribution < 1.29 is 43.2 Å². The second kappa shape index (κ2) is 29.1. The van der Waals surface area contributed by atoms with Crippen LogP contribution in [0.15, 0.2) is 85.5 Å². The summed E-state index contributed by atoms with van der Waals surface area (Å²) in [5, 5.41) is 19.5. The van der Waals surface area contributed by atoms with Crippen LogP contribution in [0, 0.1) is 23.7 Å². The first-order valence-electron chi connectivity index (χ1n) is 25.2. The number of hydrogen-bond donors (Lipinski definition) is 12. The van der Waals surface area contributed by atoms with E-state index in [1.807, 2.05) is 58.0 Å². The molecule has 2 aromatic heterocycles. The van der Waals surface area contributed by atoms with E-state index in [2.05, 4.69) is 52.2 Å².